The summed E-state index contributed by atoms with van der Waals surface area (Å²) < 4.78 is 11.1. The average Bonchev–Trinajstić information content (AvgIpc) is 2.73. The van der Waals surface area contributed by atoms with Gasteiger partial charge in [-0.2, -0.15) is 0 Å². The van der Waals surface area contributed by atoms with Crippen LogP contribution in [0.3, 0.4) is 0 Å². The van der Waals surface area contributed by atoms with E-state index in [4.69, 9.17) is 26.1 Å². The number of thioether (sulfide) groups is 1. The van der Waals surface area contributed by atoms with E-state index >= 15 is 0 Å². The fourth-order valence-electron chi connectivity index (χ4n) is 3.17. The molecule has 1 aliphatic rings. The molecule has 0 saturated heterocycles. The first-order chi connectivity index (χ1) is 14.5. The standard InChI is InChI=1S/C23H25ClN2O3S/c1-4-28-19-13-9-7-11-17(19)21-20(22(27)29-5-2)15(3)25-23(26-21)30-14-16-10-6-8-12-18(16)24/h6-13,21H,4-5,14H2,1-3H3,(H,25,26)/t21-/m1/s1. The second kappa shape index (κ2) is 10.5. The van der Waals surface area contributed by atoms with E-state index in [0.717, 1.165) is 27.0 Å². The van der Waals surface area contributed by atoms with Crippen LogP contribution in [0.2, 0.25) is 5.02 Å². The topological polar surface area (TPSA) is 59.9 Å². The molecule has 2 aromatic rings. The Kier molecular flexibility index (Phi) is 7.82. The minimum absolute atomic E-state index is 0.299. The van der Waals surface area contributed by atoms with Crippen molar-refractivity contribution in [2.24, 2.45) is 4.99 Å². The Morgan fingerprint density at radius 2 is 1.87 bits per heavy atom. The quantitative estimate of drug-likeness (QED) is 0.570. The third kappa shape index (κ3) is 5.18. The largest absolute Gasteiger partial charge is 0.494 e. The van der Waals surface area contributed by atoms with Gasteiger partial charge in [0, 0.05) is 22.0 Å². The lowest BCUT2D eigenvalue weighted by Gasteiger charge is -2.27. The van der Waals surface area contributed by atoms with E-state index in [0.29, 0.717) is 30.3 Å². The highest BCUT2D eigenvalue weighted by atomic mass is 35.5. The molecule has 1 aliphatic heterocycles. The number of halogens is 1. The maximum atomic E-state index is 12.7. The van der Waals surface area contributed by atoms with Gasteiger partial charge < -0.3 is 14.8 Å². The van der Waals surface area contributed by atoms with Gasteiger partial charge in [0.25, 0.3) is 0 Å². The highest BCUT2D eigenvalue weighted by Crippen LogP contribution is 2.38. The first-order valence-corrected chi connectivity index (χ1v) is 11.2. The van der Waals surface area contributed by atoms with Gasteiger partial charge in [-0.1, -0.05) is 59.8 Å². The number of hydrogen-bond donors (Lipinski definition) is 1. The van der Waals surface area contributed by atoms with Crippen molar-refractivity contribution < 1.29 is 14.3 Å². The van der Waals surface area contributed by atoms with Crippen molar-refractivity contribution in [3.05, 3.63) is 76.0 Å². The lowest BCUT2D eigenvalue weighted by atomic mass is 9.96. The van der Waals surface area contributed by atoms with E-state index in [1.807, 2.05) is 62.4 Å². The van der Waals surface area contributed by atoms with Gasteiger partial charge in [-0.3, -0.25) is 0 Å². The van der Waals surface area contributed by atoms with Crippen LogP contribution in [0.15, 0.2) is 64.8 Å². The molecule has 0 radical (unpaired) electrons. The predicted octanol–water partition coefficient (Wildman–Crippen LogP) is 5.51. The number of carbonyl (C=O) groups excluding carboxylic acids is 1. The van der Waals surface area contributed by atoms with E-state index in [1.54, 1.807) is 18.7 Å². The summed E-state index contributed by atoms with van der Waals surface area (Å²) in [6, 6.07) is 14.9. The van der Waals surface area contributed by atoms with Gasteiger partial charge in [0.1, 0.15) is 11.8 Å². The Morgan fingerprint density at radius 1 is 1.13 bits per heavy atom. The van der Waals surface area contributed by atoms with Crippen LogP contribution in [0.5, 0.6) is 5.75 Å². The van der Waals surface area contributed by atoms with Crippen LogP contribution in [-0.2, 0) is 15.3 Å². The van der Waals surface area contributed by atoms with Crippen LogP contribution < -0.4 is 10.1 Å². The van der Waals surface area contributed by atoms with E-state index in [2.05, 4.69) is 5.32 Å². The van der Waals surface area contributed by atoms with Gasteiger partial charge in [0.15, 0.2) is 5.17 Å². The summed E-state index contributed by atoms with van der Waals surface area (Å²) in [5.74, 6) is 0.992. The fraction of sp³-hybridized carbons (Fsp3) is 0.304. The molecule has 2 aromatic carbocycles. The molecule has 0 aromatic heterocycles. The Hall–Kier alpha value is -2.44. The summed E-state index contributed by atoms with van der Waals surface area (Å²) in [5, 5.41) is 4.70. The van der Waals surface area contributed by atoms with Crippen LogP contribution in [-0.4, -0.2) is 24.4 Å². The molecule has 0 unspecified atom stereocenters. The van der Waals surface area contributed by atoms with Crippen molar-refractivity contribution in [1.82, 2.24) is 5.32 Å². The zero-order valence-electron chi connectivity index (χ0n) is 17.3. The Morgan fingerprint density at radius 3 is 2.60 bits per heavy atom. The first kappa shape index (κ1) is 22.2. The number of benzene rings is 2. The highest BCUT2D eigenvalue weighted by Gasteiger charge is 2.32. The van der Waals surface area contributed by atoms with Gasteiger partial charge in [0.05, 0.1) is 18.8 Å². The first-order valence-electron chi connectivity index (χ1n) is 9.85. The number of nitrogens with zero attached hydrogens (tertiary/aromatic N) is 1. The number of rotatable bonds is 7. The maximum absolute atomic E-state index is 12.7. The molecule has 30 heavy (non-hydrogen) atoms. The van der Waals surface area contributed by atoms with Gasteiger partial charge in [-0.15, -0.1) is 0 Å². The van der Waals surface area contributed by atoms with Crippen molar-refractivity contribution >= 4 is 34.5 Å². The molecule has 3 rings (SSSR count). The summed E-state index contributed by atoms with van der Waals surface area (Å²) in [5.41, 5.74) is 3.07. The highest BCUT2D eigenvalue weighted by molar-refractivity contribution is 8.13. The number of para-hydroxylation sites is 1. The molecule has 0 fully saturated rings. The Bertz CT molecular complexity index is 974. The monoisotopic (exact) mass is 444 g/mol. The molecule has 158 valence electrons. The van der Waals surface area contributed by atoms with Gasteiger partial charge in [-0.25, -0.2) is 9.79 Å². The van der Waals surface area contributed by atoms with E-state index in [9.17, 15) is 4.79 Å². The van der Waals surface area contributed by atoms with Crippen LogP contribution >= 0.6 is 23.4 Å². The van der Waals surface area contributed by atoms with E-state index in [1.165, 1.54) is 0 Å². The number of esters is 1. The number of aliphatic imine (C=N–C) groups is 1. The van der Waals surface area contributed by atoms with Crippen LogP contribution in [0.25, 0.3) is 0 Å². The second-order valence-electron chi connectivity index (χ2n) is 6.57. The second-order valence-corrected chi connectivity index (χ2v) is 7.94. The molecule has 0 bridgehead atoms. The number of hydrogen-bond acceptors (Lipinski definition) is 6. The van der Waals surface area contributed by atoms with Crippen molar-refractivity contribution in [3.8, 4) is 5.75 Å². The SMILES string of the molecule is CCOC(=O)C1=C(C)NC(SCc2ccccc2Cl)=N[C@@H]1c1ccccc1OCC. The summed E-state index contributed by atoms with van der Waals surface area (Å²) >= 11 is 7.83. The van der Waals surface area contributed by atoms with Crippen molar-refractivity contribution in [3.63, 3.8) is 0 Å². The normalized spacial score (nSPS) is 16.0. The minimum Gasteiger partial charge on any atom is -0.494 e. The van der Waals surface area contributed by atoms with Crippen LogP contribution in [0.1, 0.15) is 37.9 Å². The molecular formula is C23H25ClN2O3S. The molecule has 0 spiro atoms. The molecule has 1 atom stereocenters. The summed E-state index contributed by atoms with van der Waals surface area (Å²) in [6.07, 6.45) is 0. The number of allylic oxidation sites excluding steroid dienone is 1. The number of nitrogens with one attached hydrogen (secondary N) is 1. The van der Waals surface area contributed by atoms with Crippen molar-refractivity contribution in [2.45, 2.75) is 32.6 Å². The average molecular weight is 445 g/mol. The molecule has 1 N–H and O–H groups in total. The zero-order valence-corrected chi connectivity index (χ0v) is 18.8. The van der Waals surface area contributed by atoms with E-state index < -0.39 is 6.04 Å². The number of ether oxygens (including phenoxy) is 2. The molecule has 0 aliphatic carbocycles. The third-order valence-electron chi connectivity index (χ3n) is 4.55. The lowest BCUT2D eigenvalue weighted by Crippen LogP contribution is -2.30. The molecule has 7 heteroatoms. The Balaban J connectivity index is 1.95. The van der Waals surface area contributed by atoms with Gasteiger partial charge in [-0.05, 0) is 38.5 Å². The summed E-state index contributed by atoms with van der Waals surface area (Å²) in [4.78, 5) is 17.6. The lowest BCUT2D eigenvalue weighted by molar-refractivity contribution is -0.138. The van der Waals surface area contributed by atoms with E-state index in [-0.39, 0.29) is 5.97 Å². The van der Waals surface area contributed by atoms with Crippen LogP contribution in [0, 0.1) is 0 Å². The van der Waals surface area contributed by atoms with Gasteiger partial charge >= 0.3 is 5.97 Å². The molecular weight excluding hydrogens is 420 g/mol. The molecule has 5 nitrogen and oxygen atoms in total. The van der Waals surface area contributed by atoms with Crippen molar-refractivity contribution in [1.29, 1.82) is 0 Å². The summed E-state index contributed by atoms with van der Waals surface area (Å²) in [6.45, 7) is 6.42. The fourth-order valence-corrected chi connectivity index (χ4v) is 4.40. The van der Waals surface area contributed by atoms with Gasteiger partial charge in [0.2, 0.25) is 0 Å². The minimum atomic E-state index is -0.512. The number of amidine groups is 1. The van der Waals surface area contributed by atoms with Crippen molar-refractivity contribution in [2.75, 3.05) is 13.2 Å². The molecule has 0 saturated carbocycles. The van der Waals surface area contributed by atoms with Crippen LogP contribution in [0.4, 0.5) is 0 Å². The summed E-state index contributed by atoms with van der Waals surface area (Å²) in [7, 11) is 0. The maximum Gasteiger partial charge on any atom is 0.338 e. The Labute approximate surface area is 186 Å². The smallest absolute Gasteiger partial charge is 0.338 e. The predicted molar refractivity (Wildman–Crippen MR) is 123 cm³/mol. The zero-order chi connectivity index (χ0) is 21.5. The third-order valence-corrected chi connectivity index (χ3v) is 5.85. The molecule has 1 heterocycles. The molecule has 0 amide bonds. The number of carbonyl (C=O) groups is 1.